The Bertz CT molecular complexity index is 499. The fraction of sp³-hybridized carbons (Fsp3) is 0.583. The van der Waals surface area contributed by atoms with Gasteiger partial charge in [0, 0.05) is 19.3 Å². The molecule has 2 heterocycles. The predicted octanol–water partition coefficient (Wildman–Crippen LogP) is 2.27. The van der Waals surface area contributed by atoms with Crippen LogP contribution in [0.4, 0.5) is 19.1 Å². The Balaban J connectivity index is 2.40. The molecule has 0 aromatic carbocycles. The van der Waals surface area contributed by atoms with Crippen LogP contribution in [-0.2, 0) is 10.9 Å². The Hall–Kier alpha value is -1.86. The maximum atomic E-state index is 13.0. The molecule has 1 fully saturated rings. The molecule has 0 unspecified atom stereocenters. The number of aromatic nitrogens is 2. The molecule has 0 amide bonds. The maximum Gasteiger partial charge on any atom is 0.434 e. The smallest absolute Gasteiger partial charge is 0.434 e. The van der Waals surface area contributed by atoms with Crippen LogP contribution >= 0.6 is 0 Å². The molecule has 1 aromatic rings. The molecule has 0 atom stereocenters. The Morgan fingerprint density at radius 1 is 1.30 bits per heavy atom. The van der Waals surface area contributed by atoms with E-state index in [2.05, 4.69) is 14.7 Å². The average molecular weight is 289 g/mol. The summed E-state index contributed by atoms with van der Waals surface area (Å²) >= 11 is 0. The molecule has 0 saturated carbocycles. The van der Waals surface area contributed by atoms with E-state index in [1.165, 1.54) is 0 Å². The third-order valence-electron chi connectivity index (χ3n) is 3.09. The highest BCUT2D eigenvalue weighted by Crippen LogP contribution is 2.32. The summed E-state index contributed by atoms with van der Waals surface area (Å²) in [5.74, 6) is -1.09. The lowest BCUT2D eigenvalue weighted by Gasteiger charge is -2.27. The fourth-order valence-corrected chi connectivity index (χ4v) is 2.09. The van der Waals surface area contributed by atoms with Gasteiger partial charge in [0.25, 0.3) is 0 Å². The van der Waals surface area contributed by atoms with Crippen molar-refractivity contribution >= 4 is 11.9 Å². The molecule has 0 N–H and O–H groups in total. The van der Waals surface area contributed by atoms with Gasteiger partial charge in [-0.05, 0) is 19.3 Å². The highest BCUT2D eigenvalue weighted by Gasteiger charge is 2.39. The molecule has 0 spiro atoms. The summed E-state index contributed by atoms with van der Waals surface area (Å²) in [7, 11) is 1.01. The van der Waals surface area contributed by atoms with Crippen molar-refractivity contribution in [2.24, 2.45) is 0 Å². The van der Waals surface area contributed by atoms with Gasteiger partial charge in [0.2, 0.25) is 5.95 Å². The maximum absolute atomic E-state index is 13.0. The van der Waals surface area contributed by atoms with Crippen LogP contribution in [0.2, 0.25) is 0 Å². The van der Waals surface area contributed by atoms with E-state index in [4.69, 9.17) is 0 Å². The van der Waals surface area contributed by atoms with Crippen molar-refractivity contribution in [3.63, 3.8) is 0 Å². The van der Waals surface area contributed by atoms with E-state index < -0.39 is 23.4 Å². The first-order chi connectivity index (χ1) is 9.43. The van der Waals surface area contributed by atoms with Crippen LogP contribution in [0.3, 0.4) is 0 Å². The molecular weight excluding hydrogens is 275 g/mol. The zero-order chi connectivity index (χ0) is 14.8. The third kappa shape index (κ3) is 3.00. The van der Waals surface area contributed by atoms with Crippen molar-refractivity contribution < 1.29 is 22.7 Å². The second-order valence-electron chi connectivity index (χ2n) is 4.47. The monoisotopic (exact) mass is 289 g/mol. The number of esters is 1. The van der Waals surface area contributed by atoms with Crippen molar-refractivity contribution in [1.29, 1.82) is 0 Å². The number of anilines is 1. The molecule has 1 saturated heterocycles. The molecule has 0 radical (unpaired) electrons. The van der Waals surface area contributed by atoms with Crippen molar-refractivity contribution in [3.05, 3.63) is 17.5 Å². The largest absolute Gasteiger partial charge is 0.465 e. The SMILES string of the molecule is COC(=O)c1cnc(N2CCCCC2)nc1C(F)(F)F. The highest BCUT2D eigenvalue weighted by atomic mass is 19.4. The summed E-state index contributed by atoms with van der Waals surface area (Å²) in [6.07, 6.45) is -1.02. The number of alkyl halides is 3. The van der Waals surface area contributed by atoms with Crippen molar-refractivity contribution in [3.8, 4) is 0 Å². The zero-order valence-electron chi connectivity index (χ0n) is 10.9. The molecule has 1 aromatic heterocycles. The number of hydrogen-bond donors (Lipinski definition) is 0. The van der Waals surface area contributed by atoms with E-state index in [1.54, 1.807) is 4.90 Å². The summed E-state index contributed by atoms with van der Waals surface area (Å²) in [5.41, 5.74) is -1.92. The molecule has 20 heavy (non-hydrogen) atoms. The predicted molar refractivity (Wildman–Crippen MR) is 64.4 cm³/mol. The molecule has 2 rings (SSSR count). The molecule has 0 bridgehead atoms. The van der Waals surface area contributed by atoms with Crippen molar-refractivity contribution in [1.82, 2.24) is 9.97 Å². The van der Waals surface area contributed by atoms with Crippen LogP contribution in [0.25, 0.3) is 0 Å². The van der Waals surface area contributed by atoms with Gasteiger partial charge in [-0.2, -0.15) is 13.2 Å². The summed E-state index contributed by atoms with van der Waals surface area (Å²) in [5, 5.41) is 0. The van der Waals surface area contributed by atoms with E-state index in [0.29, 0.717) is 13.1 Å². The summed E-state index contributed by atoms with van der Waals surface area (Å²) in [4.78, 5) is 20.4. The van der Waals surface area contributed by atoms with E-state index >= 15 is 0 Å². The van der Waals surface area contributed by atoms with Crippen LogP contribution in [0.1, 0.15) is 35.3 Å². The lowest BCUT2D eigenvalue weighted by molar-refractivity contribution is -0.141. The fourth-order valence-electron chi connectivity index (χ4n) is 2.09. The minimum Gasteiger partial charge on any atom is -0.465 e. The van der Waals surface area contributed by atoms with E-state index in [0.717, 1.165) is 32.6 Å². The highest BCUT2D eigenvalue weighted by molar-refractivity contribution is 5.90. The number of rotatable bonds is 2. The minimum atomic E-state index is -4.73. The van der Waals surface area contributed by atoms with Gasteiger partial charge in [0.1, 0.15) is 5.56 Å². The van der Waals surface area contributed by atoms with Gasteiger partial charge in [-0.15, -0.1) is 0 Å². The first-order valence-corrected chi connectivity index (χ1v) is 6.21. The summed E-state index contributed by atoms with van der Waals surface area (Å²) < 4.78 is 43.3. The second-order valence-corrected chi connectivity index (χ2v) is 4.47. The Morgan fingerprint density at radius 3 is 2.50 bits per heavy atom. The number of carbonyl (C=O) groups is 1. The standard InChI is InChI=1S/C12H14F3N3O2/c1-20-10(19)8-7-16-11(17-9(8)12(13,14)15)18-5-3-2-4-6-18/h7H,2-6H2,1H3. The zero-order valence-corrected chi connectivity index (χ0v) is 10.9. The van der Waals surface area contributed by atoms with E-state index in [9.17, 15) is 18.0 Å². The molecule has 0 aliphatic carbocycles. The normalized spacial score (nSPS) is 16.1. The van der Waals surface area contributed by atoms with Crippen LogP contribution in [0.15, 0.2) is 6.20 Å². The first kappa shape index (κ1) is 14.5. The molecule has 1 aliphatic rings. The molecule has 8 heteroatoms. The number of piperidine rings is 1. The number of ether oxygens (including phenoxy) is 1. The van der Waals surface area contributed by atoms with E-state index in [1.807, 2.05) is 0 Å². The molecule has 110 valence electrons. The van der Waals surface area contributed by atoms with Gasteiger partial charge in [0.15, 0.2) is 5.69 Å². The summed E-state index contributed by atoms with van der Waals surface area (Å²) in [6, 6.07) is 0. The Labute approximate surface area is 113 Å². The topological polar surface area (TPSA) is 55.3 Å². The van der Waals surface area contributed by atoms with Gasteiger partial charge in [0.05, 0.1) is 7.11 Å². The van der Waals surface area contributed by atoms with Crippen molar-refractivity contribution in [2.45, 2.75) is 25.4 Å². The lowest BCUT2D eigenvalue weighted by Crippen LogP contribution is -2.32. The molecule has 5 nitrogen and oxygen atoms in total. The number of carbonyl (C=O) groups excluding carboxylic acids is 1. The molecule has 1 aliphatic heterocycles. The van der Waals surface area contributed by atoms with Crippen molar-refractivity contribution in [2.75, 3.05) is 25.1 Å². The average Bonchev–Trinajstić information content (AvgIpc) is 2.46. The van der Waals surface area contributed by atoms with Crippen LogP contribution < -0.4 is 4.90 Å². The quantitative estimate of drug-likeness (QED) is 0.782. The summed E-state index contributed by atoms with van der Waals surface area (Å²) in [6.45, 7) is 1.24. The van der Waals surface area contributed by atoms with E-state index in [-0.39, 0.29) is 5.95 Å². The number of hydrogen-bond acceptors (Lipinski definition) is 5. The second kappa shape index (κ2) is 5.64. The Morgan fingerprint density at radius 2 is 1.95 bits per heavy atom. The minimum absolute atomic E-state index is 0.00433. The third-order valence-corrected chi connectivity index (χ3v) is 3.09. The lowest BCUT2D eigenvalue weighted by atomic mass is 10.1. The van der Waals surface area contributed by atoms with Gasteiger partial charge < -0.3 is 9.64 Å². The van der Waals surface area contributed by atoms with Gasteiger partial charge in [-0.3, -0.25) is 0 Å². The van der Waals surface area contributed by atoms with Crippen LogP contribution in [0, 0.1) is 0 Å². The first-order valence-electron chi connectivity index (χ1n) is 6.21. The number of methoxy groups -OCH3 is 1. The van der Waals surface area contributed by atoms with Gasteiger partial charge in [-0.25, -0.2) is 14.8 Å². The van der Waals surface area contributed by atoms with Crippen LogP contribution in [0.5, 0.6) is 0 Å². The molecular formula is C12H14F3N3O2. The van der Waals surface area contributed by atoms with Crippen LogP contribution in [-0.4, -0.2) is 36.1 Å². The Kier molecular flexibility index (Phi) is 4.10. The van der Waals surface area contributed by atoms with Gasteiger partial charge >= 0.3 is 12.1 Å². The number of halogens is 3. The number of nitrogens with zero attached hydrogens (tertiary/aromatic N) is 3. The van der Waals surface area contributed by atoms with Gasteiger partial charge in [-0.1, -0.05) is 0 Å².